The summed E-state index contributed by atoms with van der Waals surface area (Å²) in [6, 6.07) is 18.0. The fourth-order valence-corrected chi connectivity index (χ4v) is 3.68. The molecule has 0 saturated heterocycles. The Morgan fingerprint density at radius 1 is 1.11 bits per heavy atom. The van der Waals surface area contributed by atoms with E-state index in [0.29, 0.717) is 11.4 Å². The Morgan fingerprint density at radius 3 is 2.67 bits per heavy atom. The molecule has 1 heterocycles. The molecule has 3 aromatic rings. The number of aryl methyl sites for hydroxylation is 2. The number of carbonyl (C=O) groups is 1. The first-order chi connectivity index (χ1) is 13.1. The molecule has 1 unspecified atom stereocenters. The molecule has 4 rings (SSSR count). The Labute approximate surface area is 158 Å². The smallest absolute Gasteiger partial charge is 0.248 e. The average Bonchev–Trinajstić information content (AvgIpc) is 2.68. The zero-order chi connectivity index (χ0) is 18.8. The van der Waals surface area contributed by atoms with Gasteiger partial charge in [-0.2, -0.15) is 0 Å². The number of hydrogen-bond acceptors (Lipinski definition) is 4. The highest BCUT2D eigenvalue weighted by Gasteiger charge is 2.20. The fraction of sp³-hybridized carbons (Fsp3) is 0.227. The number of benzene rings is 2. The van der Waals surface area contributed by atoms with Crippen LogP contribution in [-0.4, -0.2) is 15.9 Å². The van der Waals surface area contributed by atoms with Crippen LogP contribution in [0.5, 0.6) is 0 Å². The molecule has 1 aliphatic rings. The van der Waals surface area contributed by atoms with Gasteiger partial charge in [0.2, 0.25) is 5.91 Å². The maximum absolute atomic E-state index is 11.3. The topological polar surface area (TPSA) is 80.9 Å². The average molecular weight is 358 g/mol. The van der Waals surface area contributed by atoms with Crippen molar-refractivity contribution in [2.45, 2.75) is 32.2 Å². The summed E-state index contributed by atoms with van der Waals surface area (Å²) in [5.41, 5.74) is 10.3. The Bertz CT molecular complexity index is 982. The van der Waals surface area contributed by atoms with E-state index in [0.717, 1.165) is 29.9 Å². The minimum atomic E-state index is -0.432. The van der Waals surface area contributed by atoms with Crippen molar-refractivity contribution < 1.29 is 4.79 Å². The lowest BCUT2D eigenvalue weighted by Gasteiger charge is -2.27. The standard InChI is InChI=1S/C22H22N4O/c1-14-24-20(16-9-11-17(12-10-16)22(23)27)13-21(25-14)26-19-8-4-6-15-5-2-3-7-18(15)19/h2-3,5,7,9-13,19H,4,6,8H2,1H3,(H2,23,27)(H,24,25,26). The Balaban J connectivity index is 1.63. The van der Waals surface area contributed by atoms with Crippen LogP contribution >= 0.6 is 0 Å². The van der Waals surface area contributed by atoms with Gasteiger partial charge in [0, 0.05) is 17.2 Å². The number of hydrogen-bond donors (Lipinski definition) is 2. The molecule has 0 aliphatic heterocycles. The number of aromatic nitrogens is 2. The van der Waals surface area contributed by atoms with Crippen molar-refractivity contribution in [2.24, 2.45) is 5.73 Å². The second kappa shape index (κ2) is 7.19. The number of carbonyl (C=O) groups excluding carboxylic acids is 1. The van der Waals surface area contributed by atoms with E-state index in [-0.39, 0.29) is 6.04 Å². The Kier molecular flexibility index (Phi) is 4.59. The second-order valence-corrected chi connectivity index (χ2v) is 6.92. The normalized spacial score (nSPS) is 15.8. The summed E-state index contributed by atoms with van der Waals surface area (Å²) in [4.78, 5) is 20.4. The maximum Gasteiger partial charge on any atom is 0.248 e. The monoisotopic (exact) mass is 358 g/mol. The van der Waals surface area contributed by atoms with E-state index in [1.165, 1.54) is 17.5 Å². The lowest BCUT2D eigenvalue weighted by atomic mass is 9.88. The number of nitrogens with two attached hydrogens (primary N) is 1. The molecule has 0 radical (unpaired) electrons. The number of anilines is 1. The summed E-state index contributed by atoms with van der Waals surface area (Å²) in [6.07, 6.45) is 3.39. The first kappa shape index (κ1) is 17.2. The van der Waals surface area contributed by atoms with Crippen molar-refractivity contribution in [2.75, 3.05) is 5.32 Å². The van der Waals surface area contributed by atoms with Gasteiger partial charge in [0.15, 0.2) is 0 Å². The van der Waals surface area contributed by atoms with Crippen molar-refractivity contribution in [3.8, 4) is 11.3 Å². The molecule has 5 nitrogen and oxygen atoms in total. The van der Waals surface area contributed by atoms with E-state index >= 15 is 0 Å². The van der Waals surface area contributed by atoms with Crippen LogP contribution in [0.15, 0.2) is 54.6 Å². The van der Waals surface area contributed by atoms with Gasteiger partial charge in [-0.05, 0) is 49.4 Å². The van der Waals surface area contributed by atoms with Crippen LogP contribution in [-0.2, 0) is 6.42 Å². The van der Waals surface area contributed by atoms with E-state index in [1.807, 2.05) is 25.1 Å². The third-order valence-electron chi connectivity index (χ3n) is 4.99. The van der Waals surface area contributed by atoms with Crippen molar-refractivity contribution >= 4 is 11.7 Å². The molecule has 3 N–H and O–H groups in total. The van der Waals surface area contributed by atoms with E-state index in [2.05, 4.69) is 39.6 Å². The molecular weight excluding hydrogens is 336 g/mol. The summed E-state index contributed by atoms with van der Waals surface area (Å²) >= 11 is 0. The second-order valence-electron chi connectivity index (χ2n) is 6.92. The van der Waals surface area contributed by atoms with Crippen molar-refractivity contribution in [1.82, 2.24) is 9.97 Å². The van der Waals surface area contributed by atoms with Crippen LogP contribution in [0.4, 0.5) is 5.82 Å². The van der Waals surface area contributed by atoms with E-state index in [1.54, 1.807) is 12.1 Å². The molecule has 2 aromatic carbocycles. The number of fused-ring (bicyclic) bond motifs is 1. The van der Waals surface area contributed by atoms with Crippen LogP contribution in [0, 0.1) is 6.92 Å². The summed E-state index contributed by atoms with van der Waals surface area (Å²) in [7, 11) is 0. The third kappa shape index (κ3) is 3.67. The number of rotatable bonds is 4. The van der Waals surface area contributed by atoms with Gasteiger partial charge in [0.25, 0.3) is 0 Å². The van der Waals surface area contributed by atoms with E-state index < -0.39 is 5.91 Å². The number of nitrogens with one attached hydrogen (secondary N) is 1. The van der Waals surface area contributed by atoms with Crippen LogP contribution in [0.2, 0.25) is 0 Å². The minimum absolute atomic E-state index is 0.259. The van der Waals surface area contributed by atoms with E-state index in [4.69, 9.17) is 5.73 Å². The number of nitrogens with zero attached hydrogens (tertiary/aromatic N) is 2. The lowest BCUT2D eigenvalue weighted by molar-refractivity contribution is 0.100. The maximum atomic E-state index is 11.3. The van der Waals surface area contributed by atoms with Gasteiger partial charge < -0.3 is 11.1 Å². The predicted octanol–water partition coefficient (Wildman–Crippen LogP) is 4.04. The number of amides is 1. The first-order valence-electron chi connectivity index (χ1n) is 9.20. The number of primary amides is 1. The van der Waals surface area contributed by atoms with Crippen LogP contribution < -0.4 is 11.1 Å². The predicted molar refractivity (Wildman–Crippen MR) is 106 cm³/mol. The molecule has 1 aliphatic carbocycles. The third-order valence-corrected chi connectivity index (χ3v) is 4.99. The van der Waals surface area contributed by atoms with Crippen molar-refractivity contribution in [1.29, 1.82) is 0 Å². The SMILES string of the molecule is Cc1nc(NC2CCCc3ccccc32)cc(-c2ccc(C(N)=O)cc2)n1. The molecule has 0 fully saturated rings. The van der Waals surface area contributed by atoms with Crippen LogP contribution in [0.3, 0.4) is 0 Å². The summed E-state index contributed by atoms with van der Waals surface area (Å²) in [5, 5.41) is 3.59. The van der Waals surface area contributed by atoms with Crippen molar-refractivity contribution in [3.05, 3.63) is 77.1 Å². The fourth-order valence-electron chi connectivity index (χ4n) is 3.68. The molecule has 0 saturated carbocycles. The van der Waals surface area contributed by atoms with Gasteiger partial charge in [0.1, 0.15) is 11.6 Å². The highest BCUT2D eigenvalue weighted by Crippen LogP contribution is 2.32. The molecule has 1 atom stereocenters. The van der Waals surface area contributed by atoms with Gasteiger partial charge in [-0.15, -0.1) is 0 Å². The first-order valence-corrected chi connectivity index (χ1v) is 9.20. The molecule has 27 heavy (non-hydrogen) atoms. The summed E-state index contributed by atoms with van der Waals surface area (Å²) in [5.74, 6) is 1.09. The lowest BCUT2D eigenvalue weighted by Crippen LogP contribution is -2.18. The van der Waals surface area contributed by atoms with Gasteiger partial charge >= 0.3 is 0 Å². The minimum Gasteiger partial charge on any atom is -0.366 e. The Morgan fingerprint density at radius 2 is 1.89 bits per heavy atom. The highest BCUT2D eigenvalue weighted by molar-refractivity contribution is 5.93. The van der Waals surface area contributed by atoms with Crippen molar-refractivity contribution in [3.63, 3.8) is 0 Å². The quantitative estimate of drug-likeness (QED) is 0.737. The van der Waals surface area contributed by atoms with E-state index in [9.17, 15) is 4.79 Å². The highest BCUT2D eigenvalue weighted by atomic mass is 16.1. The largest absolute Gasteiger partial charge is 0.366 e. The van der Waals surface area contributed by atoms with Crippen LogP contribution in [0.1, 0.15) is 46.2 Å². The molecule has 1 aromatic heterocycles. The van der Waals surface area contributed by atoms with Gasteiger partial charge in [-0.1, -0.05) is 36.4 Å². The molecule has 5 heteroatoms. The summed E-state index contributed by atoms with van der Waals surface area (Å²) in [6.45, 7) is 1.89. The molecule has 1 amide bonds. The zero-order valence-corrected chi connectivity index (χ0v) is 15.3. The zero-order valence-electron chi connectivity index (χ0n) is 15.3. The van der Waals surface area contributed by atoms with Gasteiger partial charge in [-0.25, -0.2) is 9.97 Å². The Hall–Kier alpha value is -3.21. The van der Waals surface area contributed by atoms with Crippen LogP contribution in [0.25, 0.3) is 11.3 Å². The molecule has 0 bridgehead atoms. The van der Waals surface area contributed by atoms with Gasteiger partial charge in [-0.3, -0.25) is 4.79 Å². The molecule has 0 spiro atoms. The molecular formula is C22H22N4O. The summed E-state index contributed by atoms with van der Waals surface area (Å²) < 4.78 is 0. The molecule has 136 valence electrons. The van der Waals surface area contributed by atoms with Gasteiger partial charge in [0.05, 0.1) is 11.7 Å².